The van der Waals surface area contributed by atoms with Crippen LogP contribution in [0.4, 0.5) is 0 Å². The second kappa shape index (κ2) is 4.14. The zero-order valence-electron chi connectivity index (χ0n) is 9.66. The third kappa shape index (κ3) is 2.65. The highest BCUT2D eigenvalue weighted by Gasteiger charge is 2.33. The molecule has 0 unspecified atom stereocenters. The third-order valence-corrected chi connectivity index (χ3v) is 2.26. The Labute approximate surface area is 89.9 Å². The summed E-state index contributed by atoms with van der Waals surface area (Å²) in [6.07, 6.45) is 1.37. The first-order valence-electron chi connectivity index (χ1n) is 5.05. The molecule has 0 radical (unpaired) electrons. The molecule has 1 rings (SSSR count). The molecular weight excluding hydrogens is 194 g/mol. The summed E-state index contributed by atoms with van der Waals surface area (Å²) < 4.78 is 5.45. The quantitative estimate of drug-likeness (QED) is 0.654. The second-order valence-electron chi connectivity index (χ2n) is 4.25. The van der Waals surface area contributed by atoms with Gasteiger partial charge in [-0.05, 0) is 27.7 Å². The van der Waals surface area contributed by atoms with E-state index in [1.807, 2.05) is 20.8 Å². The van der Waals surface area contributed by atoms with Gasteiger partial charge < -0.3 is 4.74 Å². The van der Waals surface area contributed by atoms with Crippen LogP contribution in [-0.2, 0) is 14.3 Å². The molecule has 4 heteroatoms. The first kappa shape index (κ1) is 11.9. The largest absolute Gasteiger partial charge is 0.374 e. The molecule has 0 aromatic carbocycles. The van der Waals surface area contributed by atoms with Gasteiger partial charge in [0.2, 0.25) is 0 Å². The van der Waals surface area contributed by atoms with Crippen molar-refractivity contribution in [3.05, 3.63) is 11.6 Å². The molecule has 0 atom stereocenters. The monoisotopic (exact) mass is 211 g/mol. The minimum Gasteiger partial charge on any atom is -0.374 e. The topological polar surface area (TPSA) is 46.6 Å². The molecule has 0 aromatic heterocycles. The number of nitrogens with zero attached hydrogens (tertiary/aromatic N) is 1. The van der Waals surface area contributed by atoms with E-state index in [0.717, 1.165) is 0 Å². The van der Waals surface area contributed by atoms with Crippen molar-refractivity contribution in [3.63, 3.8) is 0 Å². The summed E-state index contributed by atoms with van der Waals surface area (Å²) in [6.45, 7) is 8.13. The maximum Gasteiger partial charge on any atom is 0.256 e. The Hall–Kier alpha value is -1.16. The fraction of sp³-hybridized carbons (Fsp3) is 0.636. The lowest BCUT2D eigenvalue weighted by molar-refractivity contribution is -0.142. The van der Waals surface area contributed by atoms with Crippen molar-refractivity contribution >= 4 is 11.8 Å². The highest BCUT2D eigenvalue weighted by atomic mass is 16.5. The van der Waals surface area contributed by atoms with Crippen LogP contribution in [0.2, 0.25) is 0 Å². The van der Waals surface area contributed by atoms with Gasteiger partial charge in [-0.25, -0.2) is 0 Å². The van der Waals surface area contributed by atoms with Crippen molar-refractivity contribution in [1.82, 2.24) is 4.90 Å². The van der Waals surface area contributed by atoms with Crippen molar-refractivity contribution in [2.45, 2.75) is 33.3 Å². The predicted molar refractivity (Wildman–Crippen MR) is 56.2 cm³/mol. The van der Waals surface area contributed by atoms with E-state index in [1.54, 1.807) is 6.92 Å². The van der Waals surface area contributed by atoms with E-state index in [0.29, 0.717) is 18.7 Å². The summed E-state index contributed by atoms with van der Waals surface area (Å²) in [5.41, 5.74) is 0.00530. The Morgan fingerprint density at radius 2 is 2.00 bits per heavy atom. The third-order valence-electron chi connectivity index (χ3n) is 2.26. The summed E-state index contributed by atoms with van der Waals surface area (Å²) in [6, 6.07) is 0. The van der Waals surface area contributed by atoms with Gasteiger partial charge >= 0.3 is 0 Å². The molecule has 0 aliphatic carbocycles. The highest BCUT2D eigenvalue weighted by Crippen LogP contribution is 2.18. The zero-order valence-corrected chi connectivity index (χ0v) is 9.66. The van der Waals surface area contributed by atoms with Crippen LogP contribution in [0, 0.1) is 0 Å². The smallest absolute Gasteiger partial charge is 0.256 e. The number of hydrogen-bond donors (Lipinski definition) is 0. The van der Waals surface area contributed by atoms with Gasteiger partial charge in [-0.1, -0.05) is 0 Å². The van der Waals surface area contributed by atoms with Crippen LogP contribution in [0.1, 0.15) is 27.7 Å². The SMILES string of the molecule is CCOC(C)(C)CN1C(=O)C=C(C)C1=O. The van der Waals surface area contributed by atoms with Crippen LogP contribution < -0.4 is 0 Å². The van der Waals surface area contributed by atoms with E-state index in [1.165, 1.54) is 11.0 Å². The van der Waals surface area contributed by atoms with E-state index in [2.05, 4.69) is 0 Å². The lowest BCUT2D eigenvalue weighted by atomic mass is 10.1. The fourth-order valence-electron chi connectivity index (χ4n) is 1.60. The Kier molecular flexibility index (Phi) is 3.29. The van der Waals surface area contributed by atoms with E-state index in [4.69, 9.17) is 4.74 Å². The van der Waals surface area contributed by atoms with Crippen molar-refractivity contribution in [1.29, 1.82) is 0 Å². The van der Waals surface area contributed by atoms with E-state index < -0.39 is 5.60 Å². The summed E-state index contributed by atoms with van der Waals surface area (Å²) in [7, 11) is 0. The maximum atomic E-state index is 11.6. The number of amides is 2. The van der Waals surface area contributed by atoms with Gasteiger partial charge in [-0.2, -0.15) is 0 Å². The summed E-state index contributed by atoms with van der Waals surface area (Å²) in [4.78, 5) is 24.3. The molecule has 0 aromatic rings. The van der Waals surface area contributed by atoms with E-state index >= 15 is 0 Å². The summed E-state index contributed by atoms with van der Waals surface area (Å²) in [5.74, 6) is -0.460. The molecule has 1 aliphatic heterocycles. The standard InChI is InChI=1S/C11H17NO3/c1-5-15-11(3,4)7-12-9(13)6-8(2)10(12)14/h6H,5,7H2,1-4H3. The second-order valence-corrected chi connectivity index (χ2v) is 4.25. The summed E-state index contributed by atoms with van der Waals surface area (Å²) in [5, 5.41) is 0. The maximum absolute atomic E-state index is 11.6. The van der Waals surface area contributed by atoms with Crippen LogP contribution in [0.25, 0.3) is 0 Å². The minimum absolute atomic E-state index is 0.215. The number of hydrogen-bond acceptors (Lipinski definition) is 3. The normalized spacial score (nSPS) is 17.3. The minimum atomic E-state index is -0.488. The molecule has 0 fully saturated rings. The van der Waals surface area contributed by atoms with Crippen molar-refractivity contribution in [2.24, 2.45) is 0 Å². The molecule has 1 heterocycles. The Morgan fingerprint density at radius 3 is 2.40 bits per heavy atom. The fourth-order valence-corrected chi connectivity index (χ4v) is 1.60. The number of carbonyl (C=O) groups is 2. The van der Waals surface area contributed by atoms with Gasteiger partial charge in [-0.3, -0.25) is 14.5 Å². The predicted octanol–water partition coefficient (Wildman–Crippen LogP) is 1.12. The molecule has 0 N–H and O–H groups in total. The van der Waals surface area contributed by atoms with E-state index in [-0.39, 0.29) is 11.8 Å². The summed E-state index contributed by atoms with van der Waals surface area (Å²) >= 11 is 0. The van der Waals surface area contributed by atoms with Gasteiger partial charge in [0, 0.05) is 18.3 Å². The number of imide groups is 1. The Bertz CT molecular complexity index is 318. The van der Waals surface area contributed by atoms with Gasteiger partial charge in [0.05, 0.1) is 12.1 Å². The molecule has 0 saturated carbocycles. The average Bonchev–Trinajstić information content (AvgIpc) is 2.32. The molecule has 0 saturated heterocycles. The Morgan fingerprint density at radius 1 is 1.40 bits per heavy atom. The van der Waals surface area contributed by atoms with Crippen LogP contribution in [0.3, 0.4) is 0 Å². The zero-order chi connectivity index (χ0) is 11.6. The molecule has 15 heavy (non-hydrogen) atoms. The van der Waals surface area contributed by atoms with Crippen LogP contribution >= 0.6 is 0 Å². The van der Waals surface area contributed by atoms with Gasteiger partial charge in [0.25, 0.3) is 11.8 Å². The lowest BCUT2D eigenvalue weighted by Crippen LogP contribution is -2.44. The molecule has 1 aliphatic rings. The number of rotatable bonds is 4. The molecule has 0 spiro atoms. The van der Waals surface area contributed by atoms with Crippen molar-refractivity contribution in [2.75, 3.05) is 13.2 Å². The first-order chi connectivity index (χ1) is 6.87. The van der Waals surface area contributed by atoms with Crippen LogP contribution in [-0.4, -0.2) is 35.5 Å². The van der Waals surface area contributed by atoms with Gasteiger partial charge in [0.15, 0.2) is 0 Å². The average molecular weight is 211 g/mol. The molecule has 0 bridgehead atoms. The molecular formula is C11H17NO3. The highest BCUT2D eigenvalue weighted by molar-refractivity contribution is 6.15. The Balaban J connectivity index is 2.68. The van der Waals surface area contributed by atoms with Gasteiger partial charge in [-0.15, -0.1) is 0 Å². The first-order valence-corrected chi connectivity index (χ1v) is 5.05. The molecule has 84 valence electrons. The van der Waals surface area contributed by atoms with Crippen LogP contribution in [0.5, 0.6) is 0 Å². The molecule has 2 amide bonds. The number of carbonyl (C=O) groups excluding carboxylic acids is 2. The van der Waals surface area contributed by atoms with Crippen molar-refractivity contribution < 1.29 is 14.3 Å². The number of ether oxygens (including phenoxy) is 1. The molecule has 4 nitrogen and oxygen atoms in total. The van der Waals surface area contributed by atoms with Crippen molar-refractivity contribution in [3.8, 4) is 0 Å². The van der Waals surface area contributed by atoms with E-state index in [9.17, 15) is 9.59 Å². The van der Waals surface area contributed by atoms with Gasteiger partial charge in [0.1, 0.15) is 0 Å². The lowest BCUT2D eigenvalue weighted by Gasteiger charge is -2.29. The van der Waals surface area contributed by atoms with Crippen LogP contribution in [0.15, 0.2) is 11.6 Å².